The van der Waals surface area contributed by atoms with Crippen LogP contribution in [-0.4, -0.2) is 96.7 Å². The first-order valence-corrected chi connectivity index (χ1v) is 44.1. The summed E-state index contributed by atoms with van der Waals surface area (Å²) in [6.07, 6.45) is 89.7. The predicted molar refractivity (Wildman–Crippen MR) is 436 cm³/mol. The molecular weight excluding hydrogens is 1380 g/mol. The number of carbonyl (C=O) groups excluding carboxylic acids is 4. The minimum Gasteiger partial charge on any atom is -0.462 e. The summed E-state index contributed by atoms with van der Waals surface area (Å²) in [6.45, 7) is 4.52. The number of phosphoric acid groups is 2. The fourth-order valence-corrected chi connectivity index (χ4v) is 12.2. The van der Waals surface area contributed by atoms with Gasteiger partial charge >= 0.3 is 39.5 Å². The molecule has 0 aliphatic rings. The number of rotatable bonds is 76. The number of unbranched alkanes of at least 4 members (excludes halogenated alkanes) is 26. The second-order valence-electron chi connectivity index (χ2n) is 27.0. The van der Waals surface area contributed by atoms with Crippen LogP contribution in [0, 0.1) is 0 Å². The number of carbonyl (C=O) groups is 4. The first-order valence-electron chi connectivity index (χ1n) is 41.1. The average molecular weight is 1530 g/mol. The first kappa shape index (κ1) is 101. The van der Waals surface area contributed by atoms with Crippen molar-refractivity contribution in [2.24, 2.45) is 0 Å². The summed E-state index contributed by atoms with van der Waals surface area (Å²) in [5.41, 5.74) is 0. The Morgan fingerprint density at radius 1 is 0.274 bits per heavy atom. The molecule has 0 aromatic rings. The van der Waals surface area contributed by atoms with E-state index in [0.29, 0.717) is 32.1 Å². The van der Waals surface area contributed by atoms with Gasteiger partial charge in [0.25, 0.3) is 0 Å². The largest absolute Gasteiger partial charge is 0.472 e. The molecular formula is C87H146O17P2. The molecule has 0 aromatic carbocycles. The summed E-state index contributed by atoms with van der Waals surface area (Å²) in [5, 5.41) is 10.7. The Balaban J connectivity index is 5.47. The molecule has 0 heterocycles. The van der Waals surface area contributed by atoms with E-state index in [1.807, 2.05) is 18.2 Å². The second kappa shape index (κ2) is 78.1. The van der Waals surface area contributed by atoms with E-state index < -0.39 is 97.5 Å². The fraction of sp³-hybridized carbons (Fsp3) is 0.678. The van der Waals surface area contributed by atoms with Crippen LogP contribution >= 0.6 is 15.6 Å². The number of aliphatic hydroxyl groups is 1. The van der Waals surface area contributed by atoms with Crippen molar-refractivity contribution in [2.45, 2.75) is 341 Å². The number of hydrogen-bond donors (Lipinski definition) is 3. The Bertz CT molecular complexity index is 2580. The number of aliphatic hydroxyl groups excluding tert-OH is 1. The average Bonchev–Trinajstić information content (AvgIpc) is 0.902. The van der Waals surface area contributed by atoms with Gasteiger partial charge in [0, 0.05) is 25.7 Å². The number of ether oxygens (including phenoxy) is 4. The van der Waals surface area contributed by atoms with Gasteiger partial charge in [0.1, 0.15) is 19.3 Å². The zero-order valence-electron chi connectivity index (χ0n) is 66.3. The summed E-state index contributed by atoms with van der Waals surface area (Å²) < 4.78 is 68.6. The van der Waals surface area contributed by atoms with Crippen LogP contribution in [0.25, 0.3) is 0 Å². The van der Waals surface area contributed by atoms with Crippen molar-refractivity contribution in [1.29, 1.82) is 0 Å². The number of allylic oxidation sites excluding steroid dienone is 24. The van der Waals surface area contributed by atoms with Crippen LogP contribution in [0.3, 0.4) is 0 Å². The molecule has 0 fully saturated rings. The fourth-order valence-electron chi connectivity index (χ4n) is 10.6. The Kier molecular flexibility index (Phi) is 74.3. The number of phosphoric ester groups is 2. The van der Waals surface area contributed by atoms with Gasteiger partial charge in [0.2, 0.25) is 0 Å². The van der Waals surface area contributed by atoms with Crippen molar-refractivity contribution in [1.82, 2.24) is 0 Å². The molecule has 19 heteroatoms. The lowest BCUT2D eigenvalue weighted by Gasteiger charge is -2.21. The zero-order valence-corrected chi connectivity index (χ0v) is 68.1. The molecule has 17 nitrogen and oxygen atoms in total. The Hall–Kier alpha value is -5.06. The highest BCUT2D eigenvalue weighted by atomic mass is 31.2. The quantitative estimate of drug-likeness (QED) is 0.0169. The van der Waals surface area contributed by atoms with Crippen LogP contribution in [-0.2, 0) is 65.4 Å². The lowest BCUT2D eigenvalue weighted by atomic mass is 10.0. The molecule has 0 amide bonds. The third kappa shape index (κ3) is 77.1. The molecule has 5 unspecified atom stereocenters. The van der Waals surface area contributed by atoms with Crippen LogP contribution in [0.4, 0.5) is 0 Å². The summed E-state index contributed by atoms with van der Waals surface area (Å²) in [7, 11) is -10.00. The third-order valence-electron chi connectivity index (χ3n) is 16.8. The maximum absolute atomic E-state index is 13.1. The van der Waals surface area contributed by atoms with E-state index in [1.54, 1.807) is 0 Å². The maximum atomic E-state index is 13.1. The van der Waals surface area contributed by atoms with Crippen molar-refractivity contribution < 1.29 is 80.2 Å². The summed E-state index contributed by atoms with van der Waals surface area (Å²) >= 11 is 0. The van der Waals surface area contributed by atoms with E-state index in [-0.39, 0.29) is 25.7 Å². The molecule has 0 aromatic heterocycles. The van der Waals surface area contributed by atoms with Gasteiger partial charge in [0.15, 0.2) is 12.2 Å². The molecule has 3 N–H and O–H groups in total. The summed E-state index contributed by atoms with van der Waals surface area (Å²) in [4.78, 5) is 73.1. The van der Waals surface area contributed by atoms with Gasteiger partial charge in [-0.2, -0.15) is 0 Å². The van der Waals surface area contributed by atoms with E-state index in [2.05, 4.69) is 155 Å². The van der Waals surface area contributed by atoms with Gasteiger partial charge in [-0.1, -0.05) is 308 Å². The van der Waals surface area contributed by atoms with Gasteiger partial charge < -0.3 is 33.8 Å². The van der Waals surface area contributed by atoms with E-state index in [1.165, 1.54) is 83.5 Å². The molecule has 5 atom stereocenters. The molecule has 0 saturated heterocycles. The Morgan fingerprint density at radius 3 is 0.830 bits per heavy atom. The summed E-state index contributed by atoms with van der Waals surface area (Å²) in [5.74, 6) is -2.31. The smallest absolute Gasteiger partial charge is 0.462 e. The predicted octanol–water partition coefficient (Wildman–Crippen LogP) is 24.2. The van der Waals surface area contributed by atoms with Crippen LogP contribution in [0.15, 0.2) is 146 Å². The monoisotopic (exact) mass is 1530 g/mol. The maximum Gasteiger partial charge on any atom is 0.472 e. The van der Waals surface area contributed by atoms with E-state index in [9.17, 15) is 43.2 Å². The number of hydrogen-bond acceptors (Lipinski definition) is 15. The van der Waals surface area contributed by atoms with Gasteiger partial charge in [-0.05, 0) is 135 Å². The molecule has 0 aliphatic carbocycles. The molecule has 106 heavy (non-hydrogen) atoms. The molecule has 0 spiro atoms. The van der Waals surface area contributed by atoms with Crippen molar-refractivity contribution >= 4 is 39.5 Å². The van der Waals surface area contributed by atoms with Crippen molar-refractivity contribution in [3.05, 3.63) is 146 Å². The van der Waals surface area contributed by atoms with Crippen LogP contribution < -0.4 is 0 Å². The second-order valence-corrected chi connectivity index (χ2v) is 29.9. The molecule has 0 saturated carbocycles. The molecule has 0 aliphatic heterocycles. The normalized spacial score (nSPS) is 14.6. The van der Waals surface area contributed by atoms with Gasteiger partial charge in [0.05, 0.1) is 26.4 Å². The van der Waals surface area contributed by atoms with Crippen LogP contribution in [0.2, 0.25) is 0 Å². The topological polar surface area (TPSA) is 237 Å². The summed E-state index contributed by atoms with van der Waals surface area (Å²) in [6, 6.07) is 0. The Morgan fingerprint density at radius 2 is 0.509 bits per heavy atom. The van der Waals surface area contributed by atoms with E-state index in [0.717, 1.165) is 154 Å². The van der Waals surface area contributed by atoms with E-state index >= 15 is 0 Å². The third-order valence-corrected chi connectivity index (χ3v) is 18.7. The number of esters is 4. The standard InChI is InChI=1S/C87H146O17P2/c1-5-9-13-17-21-25-29-33-37-39-40-42-45-48-52-56-60-64-68-72-85(90)98-78-83(104-87(92)74-70-66-62-58-54-50-46-41-38-34-30-26-22-18-14-10-6-2)80-102-106(95,96)100-76-81(88)75-99-105(93,94)101-79-82(103-86(91)73-69-65-61-57-53-49-44-36-32-28-24-20-16-12-8-4)77-97-84(89)71-67-63-59-55-51-47-43-35-31-27-23-19-15-11-7-3/h9-10,13-14,21-23,25-27,33-35,37-38,40,42-43,46,48,50,52,60,64,81-83,88H,5-8,11-12,15-20,24,28-32,36,39,41,44-45,47,49,51,53-59,61-63,65-80H2,1-4H3,(H,93,94)(H,95,96)/b13-9-,14-10-,25-21-,26-22-,27-23-,37-33-,38-34-,42-40-,43-35-,50-46-,52-48-,64-60-. The highest BCUT2D eigenvalue weighted by Gasteiger charge is 2.30. The van der Waals surface area contributed by atoms with Gasteiger partial charge in [-0.25, -0.2) is 9.13 Å². The van der Waals surface area contributed by atoms with Gasteiger partial charge in [-0.3, -0.25) is 37.3 Å². The molecule has 0 bridgehead atoms. The SMILES string of the molecule is CC/C=C\C/C=C\C/C=C\C/C=C\C/C=C\C/C=C\CCC(=O)OCC(COP(=O)(O)OCC(O)COP(=O)(O)OCC(COC(=O)CCCCCCC/C=C\C/C=C\CCCCC)OC(=O)CCCCCCCCCCCCCCCCC)OC(=O)CCCCCC/C=C\C/C=C\C/C=C\C/C=C\CC. The van der Waals surface area contributed by atoms with Crippen molar-refractivity contribution in [3.8, 4) is 0 Å². The van der Waals surface area contributed by atoms with E-state index in [4.69, 9.17) is 37.0 Å². The first-order chi connectivity index (χ1) is 51.7. The van der Waals surface area contributed by atoms with Crippen LogP contribution in [0.5, 0.6) is 0 Å². The minimum absolute atomic E-state index is 0.0262. The molecule has 606 valence electrons. The van der Waals surface area contributed by atoms with Crippen molar-refractivity contribution in [3.63, 3.8) is 0 Å². The highest BCUT2D eigenvalue weighted by molar-refractivity contribution is 7.47. The molecule has 0 rings (SSSR count). The van der Waals surface area contributed by atoms with Crippen molar-refractivity contribution in [2.75, 3.05) is 39.6 Å². The minimum atomic E-state index is -5.01. The lowest BCUT2D eigenvalue weighted by Crippen LogP contribution is -2.30. The highest BCUT2D eigenvalue weighted by Crippen LogP contribution is 2.45. The molecule has 0 radical (unpaired) electrons. The van der Waals surface area contributed by atoms with Gasteiger partial charge in [-0.15, -0.1) is 0 Å². The zero-order chi connectivity index (χ0) is 77.4. The Labute approximate surface area is 643 Å². The lowest BCUT2D eigenvalue weighted by molar-refractivity contribution is -0.161. The van der Waals surface area contributed by atoms with Crippen LogP contribution in [0.1, 0.15) is 323 Å².